The van der Waals surface area contributed by atoms with E-state index in [9.17, 15) is 0 Å². The van der Waals surface area contributed by atoms with Gasteiger partial charge in [-0.25, -0.2) is 4.98 Å². The number of hydrogen-bond donors (Lipinski definition) is 1. The molecule has 0 saturated heterocycles. The van der Waals surface area contributed by atoms with Crippen molar-refractivity contribution >= 4 is 0 Å². The molecule has 1 unspecified atom stereocenters. The van der Waals surface area contributed by atoms with Crippen LogP contribution in [-0.4, -0.2) is 16.1 Å². The van der Waals surface area contributed by atoms with Crippen molar-refractivity contribution in [3.8, 4) is 0 Å². The monoisotopic (exact) mass is 233 g/mol. The van der Waals surface area contributed by atoms with E-state index in [2.05, 4.69) is 28.7 Å². The fraction of sp³-hybridized carbons (Fsp3) is 0.462. The lowest BCUT2D eigenvalue weighted by Crippen LogP contribution is -2.25. The highest BCUT2D eigenvalue weighted by Crippen LogP contribution is 2.21. The predicted molar refractivity (Wildman–Crippen MR) is 66.7 cm³/mol. The second-order valence-corrected chi connectivity index (χ2v) is 3.97. The van der Waals surface area contributed by atoms with Gasteiger partial charge in [-0.3, -0.25) is 0 Å². The quantitative estimate of drug-likeness (QED) is 0.834. The Morgan fingerprint density at radius 3 is 3.00 bits per heavy atom. The third-order valence-corrected chi connectivity index (χ3v) is 2.77. The van der Waals surface area contributed by atoms with E-state index in [1.54, 1.807) is 6.26 Å². The van der Waals surface area contributed by atoms with Crippen molar-refractivity contribution in [1.82, 2.24) is 14.9 Å². The number of aromatic nitrogens is 2. The van der Waals surface area contributed by atoms with Gasteiger partial charge in [0.15, 0.2) is 0 Å². The smallest absolute Gasteiger partial charge is 0.133 e. The molecule has 0 fully saturated rings. The lowest BCUT2D eigenvalue weighted by Gasteiger charge is -2.17. The van der Waals surface area contributed by atoms with Gasteiger partial charge < -0.3 is 14.3 Å². The minimum Gasteiger partial charge on any atom is -0.467 e. The van der Waals surface area contributed by atoms with Crippen LogP contribution in [0.1, 0.15) is 37.9 Å². The highest BCUT2D eigenvalue weighted by atomic mass is 16.3. The summed E-state index contributed by atoms with van der Waals surface area (Å²) in [6.07, 6.45) is 6.63. The molecular formula is C13H19N3O. The van der Waals surface area contributed by atoms with Crippen molar-refractivity contribution in [3.05, 3.63) is 42.4 Å². The van der Waals surface area contributed by atoms with Crippen molar-refractivity contribution in [2.75, 3.05) is 6.54 Å². The van der Waals surface area contributed by atoms with Crippen molar-refractivity contribution in [2.24, 2.45) is 0 Å². The van der Waals surface area contributed by atoms with Crippen molar-refractivity contribution in [2.45, 2.75) is 32.9 Å². The summed E-state index contributed by atoms with van der Waals surface area (Å²) < 4.78 is 7.63. The SMILES string of the molecule is CCCNC(c1ccco1)c1nccn1CC. The molecule has 1 N–H and O–H groups in total. The molecule has 0 bridgehead atoms. The fourth-order valence-corrected chi connectivity index (χ4v) is 1.91. The molecule has 2 aromatic rings. The zero-order chi connectivity index (χ0) is 12.1. The molecule has 4 nitrogen and oxygen atoms in total. The molecule has 1 atom stereocenters. The van der Waals surface area contributed by atoms with Crippen LogP contribution in [0.4, 0.5) is 0 Å². The molecule has 0 radical (unpaired) electrons. The maximum atomic E-state index is 5.50. The first-order valence-electron chi connectivity index (χ1n) is 6.14. The van der Waals surface area contributed by atoms with E-state index in [0.29, 0.717) is 0 Å². The Kier molecular flexibility index (Phi) is 3.98. The molecular weight excluding hydrogens is 214 g/mol. The van der Waals surface area contributed by atoms with Gasteiger partial charge in [0.1, 0.15) is 17.6 Å². The number of hydrogen-bond acceptors (Lipinski definition) is 3. The van der Waals surface area contributed by atoms with Crippen LogP contribution in [0.2, 0.25) is 0 Å². The summed E-state index contributed by atoms with van der Waals surface area (Å²) in [5, 5.41) is 3.47. The predicted octanol–water partition coefficient (Wildman–Crippen LogP) is 2.59. The number of nitrogens with one attached hydrogen (secondary N) is 1. The fourth-order valence-electron chi connectivity index (χ4n) is 1.91. The largest absolute Gasteiger partial charge is 0.467 e. The minimum absolute atomic E-state index is 0.0416. The summed E-state index contributed by atoms with van der Waals surface area (Å²) in [6, 6.07) is 3.94. The van der Waals surface area contributed by atoms with E-state index in [1.165, 1.54) is 0 Å². The van der Waals surface area contributed by atoms with Crippen LogP contribution in [0.25, 0.3) is 0 Å². The van der Waals surface area contributed by atoms with Crippen LogP contribution in [0.15, 0.2) is 35.2 Å². The Morgan fingerprint density at radius 1 is 1.47 bits per heavy atom. The third kappa shape index (κ3) is 2.58. The highest BCUT2D eigenvalue weighted by Gasteiger charge is 2.20. The van der Waals surface area contributed by atoms with Crippen LogP contribution >= 0.6 is 0 Å². The number of aryl methyl sites for hydroxylation is 1. The summed E-state index contributed by atoms with van der Waals surface area (Å²) in [5.41, 5.74) is 0. The number of nitrogens with zero attached hydrogens (tertiary/aromatic N) is 2. The molecule has 0 amide bonds. The van der Waals surface area contributed by atoms with Crippen molar-refractivity contribution in [3.63, 3.8) is 0 Å². The number of imidazole rings is 1. The first-order chi connectivity index (χ1) is 8.36. The van der Waals surface area contributed by atoms with Crippen LogP contribution in [0.5, 0.6) is 0 Å². The lowest BCUT2D eigenvalue weighted by molar-refractivity contribution is 0.427. The summed E-state index contributed by atoms with van der Waals surface area (Å²) in [6.45, 7) is 6.13. The Balaban J connectivity index is 2.27. The van der Waals surface area contributed by atoms with Gasteiger partial charge in [-0.15, -0.1) is 0 Å². The van der Waals surface area contributed by atoms with Gasteiger partial charge in [0.2, 0.25) is 0 Å². The molecule has 2 aromatic heterocycles. The van der Waals surface area contributed by atoms with Crippen LogP contribution in [0, 0.1) is 0 Å². The topological polar surface area (TPSA) is 43.0 Å². The maximum absolute atomic E-state index is 5.50. The Bertz CT molecular complexity index is 433. The molecule has 4 heteroatoms. The molecule has 0 aliphatic heterocycles. The summed E-state index contributed by atoms with van der Waals surface area (Å²) in [7, 11) is 0. The molecule has 0 spiro atoms. The van der Waals surface area contributed by atoms with Crippen LogP contribution < -0.4 is 5.32 Å². The Morgan fingerprint density at radius 2 is 2.35 bits per heavy atom. The molecule has 0 saturated carbocycles. The standard InChI is InChI=1S/C13H19N3O/c1-3-7-14-12(11-6-5-10-17-11)13-15-8-9-16(13)4-2/h5-6,8-10,12,14H,3-4,7H2,1-2H3. The molecule has 2 heterocycles. The first-order valence-corrected chi connectivity index (χ1v) is 6.14. The van der Waals surface area contributed by atoms with Crippen molar-refractivity contribution < 1.29 is 4.42 Å². The molecule has 0 aliphatic carbocycles. The van der Waals surface area contributed by atoms with Crippen LogP contribution in [-0.2, 0) is 6.54 Å². The van der Waals surface area contributed by atoms with Gasteiger partial charge in [0.05, 0.1) is 6.26 Å². The zero-order valence-electron chi connectivity index (χ0n) is 10.4. The Hall–Kier alpha value is -1.55. The average Bonchev–Trinajstić information content (AvgIpc) is 3.00. The normalized spacial score (nSPS) is 12.8. The molecule has 0 aromatic carbocycles. The summed E-state index contributed by atoms with van der Waals surface area (Å²) in [4.78, 5) is 4.44. The second-order valence-electron chi connectivity index (χ2n) is 3.97. The van der Waals surface area contributed by atoms with E-state index in [4.69, 9.17) is 4.42 Å². The molecule has 2 rings (SSSR count). The van der Waals surface area contributed by atoms with E-state index in [1.807, 2.05) is 24.5 Å². The van der Waals surface area contributed by atoms with E-state index in [-0.39, 0.29) is 6.04 Å². The third-order valence-electron chi connectivity index (χ3n) is 2.77. The van der Waals surface area contributed by atoms with Crippen LogP contribution in [0.3, 0.4) is 0 Å². The van der Waals surface area contributed by atoms with Gasteiger partial charge in [-0.2, -0.15) is 0 Å². The number of furan rings is 1. The van der Waals surface area contributed by atoms with Gasteiger partial charge in [-0.05, 0) is 32.0 Å². The zero-order valence-corrected chi connectivity index (χ0v) is 10.4. The summed E-state index contributed by atoms with van der Waals surface area (Å²) in [5.74, 6) is 1.93. The number of rotatable bonds is 6. The summed E-state index contributed by atoms with van der Waals surface area (Å²) >= 11 is 0. The average molecular weight is 233 g/mol. The lowest BCUT2D eigenvalue weighted by atomic mass is 10.2. The maximum Gasteiger partial charge on any atom is 0.133 e. The second kappa shape index (κ2) is 5.68. The first kappa shape index (κ1) is 11.9. The molecule has 17 heavy (non-hydrogen) atoms. The van der Waals surface area contributed by atoms with E-state index < -0.39 is 0 Å². The van der Waals surface area contributed by atoms with Crippen molar-refractivity contribution in [1.29, 1.82) is 0 Å². The van der Waals surface area contributed by atoms with Gasteiger partial charge in [0.25, 0.3) is 0 Å². The van der Waals surface area contributed by atoms with Gasteiger partial charge >= 0.3 is 0 Å². The molecule has 0 aliphatic rings. The minimum atomic E-state index is 0.0416. The molecule has 92 valence electrons. The van der Waals surface area contributed by atoms with E-state index >= 15 is 0 Å². The Labute approximate surface area is 102 Å². The highest BCUT2D eigenvalue weighted by molar-refractivity contribution is 5.15. The van der Waals surface area contributed by atoms with E-state index in [0.717, 1.165) is 31.1 Å². The van der Waals surface area contributed by atoms with Gasteiger partial charge in [0, 0.05) is 18.9 Å². The van der Waals surface area contributed by atoms with Gasteiger partial charge in [-0.1, -0.05) is 6.92 Å².